The fraction of sp³-hybridized carbons (Fsp3) is 0.611. The summed E-state index contributed by atoms with van der Waals surface area (Å²) in [5.74, 6) is 1.15. The highest BCUT2D eigenvalue weighted by Gasteiger charge is 2.13. The number of aromatic nitrogens is 1. The van der Waals surface area contributed by atoms with Crippen molar-refractivity contribution in [1.29, 1.82) is 0 Å². The van der Waals surface area contributed by atoms with Gasteiger partial charge < -0.3 is 20.7 Å². The van der Waals surface area contributed by atoms with Gasteiger partial charge in [-0.05, 0) is 39.7 Å². The molecule has 1 rings (SSSR count). The molecule has 0 aliphatic heterocycles. The quantitative estimate of drug-likeness (QED) is 0.492. The van der Waals surface area contributed by atoms with Crippen LogP contribution >= 0.6 is 0 Å². The van der Waals surface area contributed by atoms with Crippen LogP contribution in [0.15, 0.2) is 23.3 Å². The van der Waals surface area contributed by atoms with Gasteiger partial charge in [-0.25, -0.2) is 9.98 Å². The molecule has 25 heavy (non-hydrogen) atoms. The summed E-state index contributed by atoms with van der Waals surface area (Å²) in [7, 11) is 0. The van der Waals surface area contributed by atoms with Crippen LogP contribution in [-0.4, -0.2) is 42.1 Å². The standard InChI is InChI=1S/C18H31N5O2/c1-6-10-25-16-9-8-14(11-20-16)12-21-17(19-7-2)22-13-15(24)23-18(3,4)5/h8-9,11H,6-7,10,12-13H2,1-5H3,(H,23,24)(H2,19,21,22). The van der Waals surface area contributed by atoms with Gasteiger partial charge in [0.1, 0.15) is 0 Å². The number of hydrogen-bond acceptors (Lipinski definition) is 4. The zero-order valence-electron chi connectivity index (χ0n) is 16.0. The van der Waals surface area contributed by atoms with Crippen LogP contribution in [-0.2, 0) is 11.3 Å². The largest absolute Gasteiger partial charge is 0.478 e. The maximum Gasteiger partial charge on any atom is 0.239 e. The molecule has 140 valence electrons. The summed E-state index contributed by atoms with van der Waals surface area (Å²) in [4.78, 5) is 20.6. The zero-order valence-corrected chi connectivity index (χ0v) is 16.0. The first-order valence-corrected chi connectivity index (χ1v) is 8.75. The maximum atomic E-state index is 11.9. The summed E-state index contributed by atoms with van der Waals surface area (Å²) < 4.78 is 5.46. The van der Waals surface area contributed by atoms with Gasteiger partial charge in [-0.3, -0.25) is 4.79 Å². The SMILES string of the molecule is CCCOc1ccc(CN=C(NCC)NCC(=O)NC(C)(C)C)cn1. The lowest BCUT2D eigenvalue weighted by Gasteiger charge is -2.21. The summed E-state index contributed by atoms with van der Waals surface area (Å²) in [5, 5.41) is 9.06. The number of ether oxygens (including phenoxy) is 1. The van der Waals surface area contributed by atoms with Crippen LogP contribution in [0.25, 0.3) is 0 Å². The van der Waals surface area contributed by atoms with Crippen molar-refractivity contribution in [3.63, 3.8) is 0 Å². The normalized spacial score (nSPS) is 11.8. The molecule has 0 radical (unpaired) electrons. The van der Waals surface area contributed by atoms with Crippen molar-refractivity contribution in [2.45, 2.75) is 53.1 Å². The molecule has 1 amide bonds. The first-order chi connectivity index (χ1) is 11.8. The Labute approximate surface area is 150 Å². The third kappa shape index (κ3) is 9.54. The summed E-state index contributed by atoms with van der Waals surface area (Å²) in [5.41, 5.74) is 0.724. The molecule has 1 heterocycles. The molecule has 0 fully saturated rings. The number of amides is 1. The van der Waals surface area contributed by atoms with Gasteiger partial charge in [-0.1, -0.05) is 13.0 Å². The molecule has 0 saturated carbocycles. The van der Waals surface area contributed by atoms with Crippen LogP contribution in [0.2, 0.25) is 0 Å². The Morgan fingerprint density at radius 1 is 1.24 bits per heavy atom. The zero-order chi connectivity index (χ0) is 18.7. The van der Waals surface area contributed by atoms with E-state index in [1.807, 2.05) is 39.8 Å². The second kappa shape index (κ2) is 10.5. The molecule has 0 aliphatic carbocycles. The van der Waals surface area contributed by atoms with E-state index in [1.54, 1.807) is 6.20 Å². The monoisotopic (exact) mass is 349 g/mol. The van der Waals surface area contributed by atoms with Crippen molar-refractivity contribution in [1.82, 2.24) is 20.9 Å². The van der Waals surface area contributed by atoms with Crippen molar-refractivity contribution in [2.75, 3.05) is 19.7 Å². The third-order valence-electron chi connectivity index (χ3n) is 2.95. The predicted molar refractivity (Wildman–Crippen MR) is 101 cm³/mol. The molecule has 0 bridgehead atoms. The minimum atomic E-state index is -0.248. The van der Waals surface area contributed by atoms with Gasteiger partial charge >= 0.3 is 0 Å². The number of nitrogens with zero attached hydrogens (tertiary/aromatic N) is 2. The summed E-state index contributed by atoms with van der Waals surface area (Å²) in [6, 6.07) is 3.79. The third-order valence-corrected chi connectivity index (χ3v) is 2.95. The lowest BCUT2D eigenvalue weighted by molar-refractivity contribution is -0.121. The number of guanidine groups is 1. The van der Waals surface area contributed by atoms with E-state index in [-0.39, 0.29) is 18.0 Å². The molecular weight excluding hydrogens is 318 g/mol. The van der Waals surface area contributed by atoms with Crippen molar-refractivity contribution in [3.8, 4) is 5.88 Å². The smallest absolute Gasteiger partial charge is 0.239 e. The Bertz CT molecular complexity index is 550. The average molecular weight is 349 g/mol. The van der Waals surface area contributed by atoms with Crippen molar-refractivity contribution in [2.24, 2.45) is 4.99 Å². The first-order valence-electron chi connectivity index (χ1n) is 8.75. The molecule has 0 spiro atoms. The first kappa shape index (κ1) is 20.7. The molecule has 7 heteroatoms. The van der Waals surface area contributed by atoms with E-state index in [2.05, 4.69) is 32.9 Å². The molecule has 0 aromatic carbocycles. The molecular formula is C18H31N5O2. The number of carbonyl (C=O) groups excluding carboxylic acids is 1. The molecule has 0 saturated heterocycles. The Balaban J connectivity index is 2.55. The van der Waals surface area contributed by atoms with Crippen LogP contribution in [0.4, 0.5) is 0 Å². The van der Waals surface area contributed by atoms with E-state index in [1.165, 1.54) is 0 Å². The maximum absolute atomic E-state index is 11.9. The highest BCUT2D eigenvalue weighted by Crippen LogP contribution is 2.08. The molecule has 3 N–H and O–H groups in total. The number of rotatable bonds is 8. The summed E-state index contributed by atoms with van der Waals surface area (Å²) >= 11 is 0. The van der Waals surface area contributed by atoms with E-state index < -0.39 is 0 Å². The van der Waals surface area contributed by atoms with Gasteiger partial charge in [0.25, 0.3) is 0 Å². The topological polar surface area (TPSA) is 87.6 Å². The van der Waals surface area contributed by atoms with Gasteiger partial charge in [0, 0.05) is 24.3 Å². The molecule has 7 nitrogen and oxygen atoms in total. The molecule has 1 aromatic heterocycles. The van der Waals surface area contributed by atoms with Crippen LogP contribution in [0.1, 0.15) is 46.6 Å². The number of carbonyl (C=O) groups is 1. The van der Waals surface area contributed by atoms with Crippen LogP contribution in [0.3, 0.4) is 0 Å². The van der Waals surface area contributed by atoms with Crippen LogP contribution in [0, 0.1) is 0 Å². The van der Waals surface area contributed by atoms with E-state index in [0.29, 0.717) is 25.0 Å². The summed E-state index contributed by atoms with van der Waals surface area (Å²) in [6.45, 7) is 11.9. The van der Waals surface area contributed by atoms with E-state index >= 15 is 0 Å². The second-order valence-corrected chi connectivity index (χ2v) is 6.70. The predicted octanol–water partition coefficient (Wildman–Crippen LogP) is 1.84. The van der Waals surface area contributed by atoms with Gasteiger partial charge in [0.2, 0.25) is 11.8 Å². The molecule has 0 aliphatic rings. The van der Waals surface area contributed by atoms with Crippen molar-refractivity contribution < 1.29 is 9.53 Å². The fourth-order valence-corrected chi connectivity index (χ4v) is 1.94. The average Bonchev–Trinajstić information content (AvgIpc) is 2.55. The number of aliphatic imine (C=N–C) groups is 1. The van der Waals surface area contributed by atoms with E-state index in [4.69, 9.17) is 4.74 Å². The highest BCUT2D eigenvalue weighted by molar-refractivity contribution is 5.86. The van der Waals surface area contributed by atoms with E-state index in [9.17, 15) is 4.79 Å². The van der Waals surface area contributed by atoms with Crippen molar-refractivity contribution in [3.05, 3.63) is 23.9 Å². The van der Waals surface area contributed by atoms with Crippen LogP contribution < -0.4 is 20.7 Å². The molecule has 0 atom stereocenters. The lowest BCUT2D eigenvalue weighted by atomic mass is 10.1. The van der Waals surface area contributed by atoms with Crippen LogP contribution in [0.5, 0.6) is 5.88 Å². The number of hydrogen-bond donors (Lipinski definition) is 3. The summed E-state index contributed by atoms with van der Waals surface area (Å²) in [6.07, 6.45) is 2.71. The Hall–Kier alpha value is -2.31. The number of nitrogens with one attached hydrogen (secondary N) is 3. The van der Waals surface area contributed by atoms with Gasteiger partial charge in [0.05, 0.1) is 19.7 Å². The highest BCUT2D eigenvalue weighted by atomic mass is 16.5. The Morgan fingerprint density at radius 2 is 2.00 bits per heavy atom. The number of pyridine rings is 1. The fourth-order valence-electron chi connectivity index (χ4n) is 1.94. The minimum Gasteiger partial charge on any atom is -0.478 e. The van der Waals surface area contributed by atoms with E-state index in [0.717, 1.165) is 18.5 Å². The Morgan fingerprint density at radius 3 is 2.56 bits per heavy atom. The minimum absolute atomic E-state index is 0.0720. The van der Waals surface area contributed by atoms with Gasteiger partial charge in [0.15, 0.2) is 5.96 Å². The van der Waals surface area contributed by atoms with Gasteiger partial charge in [-0.15, -0.1) is 0 Å². The van der Waals surface area contributed by atoms with Crippen molar-refractivity contribution >= 4 is 11.9 Å². The molecule has 1 aromatic rings. The molecule has 0 unspecified atom stereocenters. The second-order valence-electron chi connectivity index (χ2n) is 6.70. The van der Waals surface area contributed by atoms with Gasteiger partial charge in [-0.2, -0.15) is 0 Å². The lowest BCUT2D eigenvalue weighted by Crippen LogP contribution is -2.48. The Kier molecular flexibility index (Phi) is 8.74.